The predicted molar refractivity (Wildman–Crippen MR) is 119 cm³/mol. The maximum atomic E-state index is 12.4. The SMILES string of the molecule is COc1ccc(N2CCN(C(=O)COC(=O)C(C)Oc3ccc(Cl)cc3Cl)CC2)cc1. The Kier molecular flexibility index (Phi) is 7.87. The fourth-order valence-corrected chi connectivity index (χ4v) is 3.61. The average Bonchev–Trinajstić information content (AvgIpc) is 2.79. The second-order valence-electron chi connectivity index (χ2n) is 7.01. The highest BCUT2D eigenvalue weighted by Crippen LogP contribution is 2.28. The zero-order valence-corrected chi connectivity index (χ0v) is 18.9. The van der Waals surface area contributed by atoms with Crippen LogP contribution in [0.2, 0.25) is 10.0 Å². The Balaban J connectivity index is 1.43. The Bertz CT molecular complexity index is 915. The number of anilines is 1. The Labute approximate surface area is 191 Å². The van der Waals surface area contributed by atoms with Crippen LogP contribution in [0.4, 0.5) is 5.69 Å². The van der Waals surface area contributed by atoms with Crippen LogP contribution in [0.3, 0.4) is 0 Å². The molecule has 0 aliphatic carbocycles. The molecule has 9 heteroatoms. The van der Waals surface area contributed by atoms with E-state index in [0.29, 0.717) is 37.0 Å². The summed E-state index contributed by atoms with van der Waals surface area (Å²) in [5.41, 5.74) is 1.08. The lowest BCUT2D eigenvalue weighted by molar-refractivity contribution is -0.157. The third-order valence-electron chi connectivity index (χ3n) is 4.94. The molecular weight excluding hydrogens is 443 g/mol. The fraction of sp³-hybridized carbons (Fsp3) is 0.364. The molecule has 0 bridgehead atoms. The summed E-state index contributed by atoms with van der Waals surface area (Å²) >= 11 is 11.9. The lowest BCUT2D eigenvalue weighted by atomic mass is 10.2. The molecule has 1 atom stereocenters. The van der Waals surface area contributed by atoms with Gasteiger partial charge in [0.15, 0.2) is 12.7 Å². The summed E-state index contributed by atoms with van der Waals surface area (Å²) in [5.74, 6) is 0.239. The summed E-state index contributed by atoms with van der Waals surface area (Å²) in [6.07, 6.45) is -0.918. The van der Waals surface area contributed by atoms with E-state index in [1.807, 2.05) is 24.3 Å². The van der Waals surface area contributed by atoms with Crippen LogP contribution in [-0.4, -0.2) is 62.8 Å². The van der Waals surface area contributed by atoms with E-state index in [1.54, 1.807) is 24.1 Å². The number of esters is 1. The van der Waals surface area contributed by atoms with Gasteiger partial charge in [-0.3, -0.25) is 4.79 Å². The van der Waals surface area contributed by atoms with Crippen LogP contribution in [0.25, 0.3) is 0 Å². The maximum Gasteiger partial charge on any atom is 0.347 e. The van der Waals surface area contributed by atoms with Crippen molar-refractivity contribution < 1.29 is 23.8 Å². The van der Waals surface area contributed by atoms with Crippen LogP contribution in [0.15, 0.2) is 42.5 Å². The van der Waals surface area contributed by atoms with Crippen molar-refractivity contribution in [1.29, 1.82) is 0 Å². The predicted octanol–water partition coefficient (Wildman–Crippen LogP) is 3.66. The molecule has 0 saturated carbocycles. The van der Waals surface area contributed by atoms with Crippen LogP contribution < -0.4 is 14.4 Å². The van der Waals surface area contributed by atoms with E-state index in [2.05, 4.69) is 4.90 Å². The number of piperazine rings is 1. The Morgan fingerprint density at radius 1 is 1.03 bits per heavy atom. The van der Waals surface area contributed by atoms with Crippen molar-refractivity contribution in [2.75, 3.05) is 44.8 Å². The first-order valence-corrected chi connectivity index (χ1v) is 10.6. The highest BCUT2D eigenvalue weighted by Gasteiger charge is 2.24. The van der Waals surface area contributed by atoms with Gasteiger partial charge in [0, 0.05) is 36.9 Å². The number of hydrogen-bond donors (Lipinski definition) is 0. The van der Waals surface area contributed by atoms with Crippen molar-refractivity contribution in [3.63, 3.8) is 0 Å². The molecular formula is C22H24Cl2N2O5. The molecule has 1 aliphatic rings. The Hall–Kier alpha value is -2.64. The molecule has 31 heavy (non-hydrogen) atoms. The van der Waals surface area contributed by atoms with Crippen molar-refractivity contribution >= 4 is 40.8 Å². The van der Waals surface area contributed by atoms with Gasteiger partial charge >= 0.3 is 5.97 Å². The normalized spacial score (nSPS) is 14.7. The number of nitrogens with zero attached hydrogens (tertiary/aromatic N) is 2. The largest absolute Gasteiger partial charge is 0.497 e. The van der Waals surface area contributed by atoms with Crippen LogP contribution in [0.5, 0.6) is 11.5 Å². The molecule has 0 spiro atoms. The molecule has 1 unspecified atom stereocenters. The molecule has 0 N–H and O–H groups in total. The van der Waals surface area contributed by atoms with E-state index in [-0.39, 0.29) is 17.5 Å². The highest BCUT2D eigenvalue weighted by atomic mass is 35.5. The molecule has 166 valence electrons. The summed E-state index contributed by atoms with van der Waals surface area (Å²) in [7, 11) is 1.63. The first-order chi connectivity index (χ1) is 14.9. The summed E-state index contributed by atoms with van der Waals surface area (Å²) in [6.45, 7) is 3.69. The van der Waals surface area contributed by atoms with Crippen molar-refractivity contribution in [3.05, 3.63) is 52.5 Å². The van der Waals surface area contributed by atoms with Crippen LogP contribution >= 0.6 is 23.2 Å². The van der Waals surface area contributed by atoms with E-state index >= 15 is 0 Å². The molecule has 7 nitrogen and oxygen atoms in total. The second-order valence-corrected chi connectivity index (χ2v) is 7.85. The summed E-state index contributed by atoms with van der Waals surface area (Å²) in [5, 5.41) is 0.753. The minimum absolute atomic E-state index is 0.237. The molecule has 0 aromatic heterocycles. The van der Waals surface area contributed by atoms with Gasteiger partial charge in [-0.15, -0.1) is 0 Å². The zero-order valence-electron chi connectivity index (χ0n) is 17.3. The lowest BCUT2D eigenvalue weighted by Gasteiger charge is -2.36. The number of benzene rings is 2. The maximum absolute atomic E-state index is 12.4. The number of methoxy groups -OCH3 is 1. The molecule has 2 aromatic rings. The minimum atomic E-state index is -0.918. The third-order valence-corrected chi connectivity index (χ3v) is 5.47. The summed E-state index contributed by atoms with van der Waals surface area (Å²) in [6, 6.07) is 12.5. The third kappa shape index (κ3) is 6.18. The van der Waals surface area contributed by atoms with E-state index in [0.717, 1.165) is 11.4 Å². The average molecular weight is 467 g/mol. The molecule has 1 amide bonds. The van der Waals surface area contributed by atoms with Crippen LogP contribution in [0.1, 0.15) is 6.92 Å². The molecule has 1 saturated heterocycles. The van der Waals surface area contributed by atoms with Crippen LogP contribution in [0, 0.1) is 0 Å². The van der Waals surface area contributed by atoms with Crippen molar-refractivity contribution in [3.8, 4) is 11.5 Å². The molecule has 1 aliphatic heterocycles. The zero-order chi connectivity index (χ0) is 22.4. The lowest BCUT2D eigenvalue weighted by Crippen LogP contribution is -2.50. The molecule has 1 fully saturated rings. The van der Waals surface area contributed by atoms with Crippen molar-refractivity contribution in [2.24, 2.45) is 0 Å². The fourth-order valence-electron chi connectivity index (χ4n) is 3.16. The Morgan fingerprint density at radius 3 is 2.32 bits per heavy atom. The number of carbonyl (C=O) groups is 2. The number of rotatable bonds is 7. The standard InChI is InChI=1S/C22H24Cl2N2O5/c1-15(31-20-8-3-16(23)13-19(20)24)22(28)30-14-21(27)26-11-9-25(10-12-26)17-4-6-18(29-2)7-5-17/h3-8,13,15H,9-12,14H2,1-2H3. The van der Waals surface area contributed by atoms with Gasteiger partial charge < -0.3 is 24.0 Å². The number of hydrogen-bond acceptors (Lipinski definition) is 6. The van der Waals surface area contributed by atoms with Crippen LogP contribution in [-0.2, 0) is 14.3 Å². The number of carbonyl (C=O) groups excluding carboxylic acids is 2. The van der Waals surface area contributed by atoms with Gasteiger partial charge in [0.1, 0.15) is 11.5 Å². The van der Waals surface area contributed by atoms with E-state index in [4.69, 9.17) is 37.4 Å². The Morgan fingerprint density at radius 2 is 1.71 bits per heavy atom. The second kappa shape index (κ2) is 10.6. The van der Waals surface area contributed by atoms with Gasteiger partial charge in [-0.1, -0.05) is 23.2 Å². The minimum Gasteiger partial charge on any atom is -0.497 e. The highest BCUT2D eigenvalue weighted by molar-refractivity contribution is 6.35. The number of halogens is 2. The molecule has 3 rings (SSSR count). The topological polar surface area (TPSA) is 68.3 Å². The first-order valence-electron chi connectivity index (χ1n) is 9.82. The first kappa shape index (κ1) is 23.0. The summed E-state index contributed by atoms with van der Waals surface area (Å²) < 4.78 is 15.8. The monoisotopic (exact) mass is 466 g/mol. The number of ether oxygens (including phenoxy) is 3. The van der Waals surface area contributed by atoms with Gasteiger partial charge in [-0.25, -0.2) is 4.79 Å². The smallest absolute Gasteiger partial charge is 0.347 e. The van der Waals surface area contributed by atoms with Crippen molar-refractivity contribution in [2.45, 2.75) is 13.0 Å². The van der Waals surface area contributed by atoms with E-state index in [1.165, 1.54) is 13.0 Å². The molecule has 1 heterocycles. The van der Waals surface area contributed by atoms with Crippen molar-refractivity contribution in [1.82, 2.24) is 4.90 Å². The van der Waals surface area contributed by atoms with Gasteiger partial charge in [0.25, 0.3) is 5.91 Å². The van der Waals surface area contributed by atoms with E-state index in [9.17, 15) is 9.59 Å². The van der Waals surface area contributed by atoms with E-state index < -0.39 is 12.1 Å². The quantitative estimate of drug-likeness (QED) is 0.579. The number of amides is 1. The van der Waals surface area contributed by atoms with Gasteiger partial charge in [0.05, 0.1) is 12.1 Å². The summed E-state index contributed by atoms with van der Waals surface area (Å²) in [4.78, 5) is 28.5. The molecule has 2 aromatic carbocycles. The molecule has 0 radical (unpaired) electrons. The van der Waals surface area contributed by atoms with Gasteiger partial charge in [-0.2, -0.15) is 0 Å². The van der Waals surface area contributed by atoms with Gasteiger partial charge in [-0.05, 0) is 49.4 Å². The van der Waals surface area contributed by atoms with Gasteiger partial charge in [0.2, 0.25) is 0 Å².